The van der Waals surface area contributed by atoms with Crippen molar-refractivity contribution >= 4 is 66.3 Å². The van der Waals surface area contributed by atoms with E-state index < -0.39 is 5.97 Å². The molecule has 15 heteroatoms. The number of nitrogens with zero attached hydrogens (tertiary/aromatic N) is 1. The number of carbonyl (C=O) groups is 4. The second-order valence-corrected chi connectivity index (χ2v) is 20.0. The van der Waals surface area contributed by atoms with Gasteiger partial charge < -0.3 is 43.4 Å². The van der Waals surface area contributed by atoms with Crippen LogP contribution in [0.5, 0.6) is 34.5 Å². The molecule has 0 saturated carbocycles. The van der Waals surface area contributed by atoms with Gasteiger partial charge in [0.2, 0.25) is 0 Å². The average Bonchev–Trinajstić information content (AvgIpc) is 4.07. The first-order chi connectivity index (χ1) is 37.1. The number of thiophene rings is 2. The zero-order valence-electron chi connectivity index (χ0n) is 43.4. The normalized spacial score (nSPS) is 13.0. The first kappa shape index (κ1) is 54.5. The summed E-state index contributed by atoms with van der Waals surface area (Å²) in [6.45, 7) is 3.91. The summed E-state index contributed by atoms with van der Waals surface area (Å²) in [6.07, 6.45) is 7.48. The molecule has 2 aliphatic heterocycles. The van der Waals surface area contributed by atoms with E-state index >= 15 is 0 Å². The summed E-state index contributed by atoms with van der Waals surface area (Å²) in [4.78, 5) is 54.8. The number of likely N-dealkylation sites (tertiary alicyclic amines) is 1. The average molecular weight is 1060 g/mol. The van der Waals surface area contributed by atoms with Crippen molar-refractivity contribution < 1.29 is 52.3 Å². The maximum Gasteiger partial charge on any atom is 0.343 e. The lowest BCUT2D eigenvalue weighted by atomic mass is 9.97. The third-order valence-corrected chi connectivity index (χ3v) is 15.5. The van der Waals surface area contributed by atoms with E-state index in [2.05, 4.69) is 10.1 Å². The fourth-order valence-corrected chi connectivity index (χ4v) is 11.3. The largest absolute Gasteiger partial charge is 0.497 e. The van der Waals surface area contributed by atoms with Crippen LogP contribution in [-0.2, 0) is 14.3 Å². The molecule has 2 aromatic heterocycles. The van der Waals surface area contributed by atoms with Gasteiger partial charge >= 0.3 is 5.97 Å². The maximum atomic E-state index is 13.8. The van der Waals surface area contributed by atoms with Crippen molar-refractivity contribution in [1.29, 1.82) is 0 Å². The molecule has 0 bridgehead atoms. The van der Waals surface area contributed by atoms with Crippen LogP contribution in [0, 0.1) is 0 Å². The van der Waals surface area contributed by atoms with Gasteiger partial charge in [0.15, 0.2) is 24.8 Å². The van der Waals surface area contributed by atoms with Crippen molar-refractivity contribution in [1.82, 2.24) is 10.2 Å². The molecule has 13 nitrogen and oxygen atoms in total. The minimum Gasteiger partial charge on any atom is -0.497 e. The number of esters is 1. The molecule has 76 heavy (non-hydrogen) atoms. The summed E-state index contributed by atoms with van der Waals surface area (Å²) >= 11 is 3.10. The molecule has 0 spiro atoms. The molecule has 1 amide bonds. The monoisotopic (exact) mass is 1060 g/mol. The quantitative estimate of drug-likeness (QED) is 0.0725. The summed E-state index contributed by atoms with van der Waals surface area (Å²) in [5, 5.41) is 5.03. The van der Waals surface area contributed by atoms with Crippen LogP contribution in [0.3, 0.4) is 0 Å². The van der Waals surface area contributed by atoms with E-state index in [0.717, 1.165) is 90.0 Å². The summed E-state index contributed by atoms with van der Waals surface area (Å²) in [6, 6.07) is 40.6. The minimum absolute atomic E-state index is 0.00385. The lowest BCUT2D eigenvalue weighted by Gasteiger charge is -2.26. The Balaban J connectivity index is 0.000000182. The van der Waals surface area contributed by atoms with Crippen molar-refractivity contribution in [2.24, 2.45) is 0 Å². The number of hydrogen-bond donors (Lipinski definition) is 1. The number of ether oxygens (including phenoxy) is 7. The van der Waals surface area contributed by atoms with E-state index in [1.54, 1.807) is 99.6 Å². The van der Waals surface area contributed by atoms with Gasteiger partial charge in [-0.15, -0.1) is 22.7 Å². The highest BCUT2D eigenvalue weighted by Gasteiger charge is 2.25. The Bertz CT molecular complexity index is 3220. The lowest BCUT2D eigenvalue weighted by Crippen LogP contribution is -2.38. The second-order valence-electron chi connectivity index (χ2n) is 17.9. The van der Waals surface area contributed by atoms with Crippen molar-refractivity contribution in [2.45, 2.75) is 38.5 Å². The van der Waals surface area contributed by atoms with E-state index in [9.17, 15) is 19.2 Å². The van der Waals surface area contributed by atoms with Crippen LogP contribution in [0.25, 0.3) is 41.1 Å². The van der Waals surface area contributed by atoms with Gasteiger partial charge in [0.05, 0.1) is 35.5 Å². The molecule has 2 fully saturated rings. The molecule has 8 aromatic rings. The number of hydrogen-bond acceptors (Lipinski definition) is 14. The molecule has 394 valence electrons. The summed E-state index contributed by atoms with van der Waals surface area (Å²) in [7, 11) is 7.81. The summed E-state index contributed by atoms with van der Waals surface area (Å²) < 4.78 is 39.0. The molecule has 0 unspecified atom stereocenters. The van der Waals surface area contributed by atoms with Crippen molar-refractivity contribution in [2.75, 3.05) is 74.9 Å². The molecule has 4 heterocycles. The highest BCUT2D eigenvalue weighted by molar-refractivity contribution is 7.23. The number of amides is 1. The van der Waals surface area contributed by atoms with Crippen molar-refractivity contribution in [3.8, 4) is 55.4 Å². The number of ketones is 2. The van der Waals surface area contributed by atoms with Crippen molar-refractivity contribution in [3.63, 3.8) is 0 Å². The van der Waals surface area contributed by atoms with E-state index in [4.69, 9.17) is 28.4 Å². The smallest absolute Gasteiger partial charge is 0.343 e. The summed E-state index contributed by atoms with van der Waals surface area (Å²) in [5.41, 5.74) is 4.23. The Morgan fingerprint density at radius 1 is 0.461 bits per heavy atom. The number of fused-ring (bicyclic) bond motifs is 2. The van der Waals surface area contributed by atoms with Gasteiger partial charge in [0.25, 0.3) is 5.91 Å². The Morgan fingerprint density at radius 3 is 1.24 bits per heavy atom. The second kappa shape index (κ2) is 26.7. The highest BCUT2D eigenvalue weighted by atomic mass is 32.1. The van der Waals surface area contributed by atoms with Gasteiger partial charge in [-0.1, -0.05) is 6.42 Å². The topological polar surface area (TPSA) is 148 Å². The van der Waals surface area contributed by atoms with E-state index in [0.29, 0.717) is 33.8 Å². The summed E-state index contributed by atoms with van der Waals surface area (Å²) in [5.74, 6) is 3.39. The highest BCUT2D eigenvalue weighted by Crippen LogP contribution is 2.43. The maximum absolute atomic E-state index is 13.8. The molecule has 10 rings (SSSR count). The number of nitrogens with one attached hydrogen (secondary N) is 1. The van der Waals surface area contributed by atoms with Gasteiger partial charge in [-0.3, -0.25) is 14.4 Å². The van der Waals surface area contributed by atoms with Crippen LogP contribution in [0.1, 0.15) is 70.4 Å². The molecular weight excluding hydrogens is 1000 g/mol. The van der Waals surface area contributed by atoms with E-state index in [-0.39, 0.29) is 30.7 Å². The molecule has 0 aliphatic carbocycles. The Kier molecular flexibility index (Phi) is 19.1. The zero-order chi connectivity index (χ0) is 53.4. The molecule has 6 aromatic carbocycles. The van der Waals surface area contributed by atoms with Crippen LogP contribution in [0.2, 0.25) is 0 Å². The van der Waals surface area contributed by atoms with Crippen LogP contribution in [-0.4, -0.2) is 103 Å². The van der Waals surface area contributed by atoms with Gasteiger partial charge in [0, 0.05) is 65.3 Å². The van der Waals surface area contributed by atoms with E-state index in [1.807, 2.05) is 89.8 Å². The Labute approximate surface area is 451 Å². The number of benzene rings is 6. The minimum atomic E-state index is -0.473. The molecule has 2 aliphatic rings. The van der Waals surface area contributed by atoms with Gasteiger partial charge in [-0.05, 0) is 190 Å². The van der Waals surface area contributed by atoms with Crippen LogP contribution < -0.4 is 33.7 Å². The lowest BCUT2D eigenvalue weighted by molar-refractivity contribution is -0.143. The third kappa shape index (κ3) is 13.6. The molecule has 2 saturated heterocycles. The SMILES string of the molecule is C1CCNCC1.COC(=O)COc1ccc(C(=O)c2c(-c3ccc(OC)cc3)sc3cc(OC)ccc23)cc1.COc1ccc(-c2sc3cc(OC)ccc3c2C(=O)c2ccc(OCC(=O)N3CCCCC3)cc2)cc1. The number of rotatable bonds is 16. The molecule has 0 radical (unpaired) electrons. The number of methoxy groups -OCH3 is 5. The van der Waals surface area contributed by atoms with E-state index in [1.165, 1.54) is 45.9 Å². The van der Waals surface area contributed by atoms with Crippen LogP contribution in [0.15, 0.2) is 133 Å². The molecular formula is C61H62N2O11S2. The van der Waals surface area contributed by atoms with Gasteiger partial charge in [0.1, 0.15) is 34.5 Å². The first-order valence-electron chi connectivity index (χ1n) is 25.2. The van der Waals surface area contributed by atoms with Gasteiger partial charge in [-0.25, -0.2) is 4.79 Å². The predicted octanol–water partition coefficient (Wildman–Crippen LogP) is 12.3. The number of carbonyl (C=O) groups excluding carboxylic acids is 4. The van der Waals surface area contributed by atoms with Crippen molar-refractivity contribution in [3.05, 3.63) is 156 Å². The Morgan fingerprint density at radius 2 is 0.855 bits per heavy atom. The fraction of sp³-hybridized carbons (Fsp3) is 0.279. The third-order valence-electron chi connectivity index (χ3n) is 13.0. The Hall–Kier alpha value is -7.72. The predicted molar refractivity (Wildman–Crippen MR) is 301 cm³/mol. The first-order valence-corrected chi connectivity index (χ1v) is 26.8. The molecule has 1 N–H and O–H groups in total. The van der Waals surface area contributed by atoms with Crippen LogP contribution in [0.4, 0.5) is 0 Å². The van der Waals surface area contributed by atoms with Crippen LogP contribution >= 0.6 is 22.7 Å². The standard InChI is InChI=1S/C30H29NO5S.C26H22O6S.C5H11N/c1-34-22-10-8-21(9-11-22)30-28(25-15-14-24(35-2)18-26(25)37-30)29(33)20-6-12-23(13-7-20)36-19-27(32)31-16-4-3-5-17-31;1-29-18-8-6-17(7-9-18)26-24(21-13-12-20(30-2)14-22(21)33-26)25(28)16-4-10-19(11-5-16)32-15-23(27)31-3;1-2-4-6-5-3-1/h6-15,18H,3-5,16-17,19H2,1-2H3;4-14H,15H2,1-3H3;6H,1-5H2. The number of piperidine rings is 2. The molecule has 0 atom stereocenters. The zero-order valence-corrected chi connectivity index (χ0v) is 45.1. The fourth-order valence-electron chi connectivity index (χ4n) is 8.83. The van der Waals surface area contributed by atoms with Gasteiger partial charge in [-0.2, -0.15) is 0 Å².